The molecule has 0 radical (unpaired) electrons. The summed E-state index contributed by atoms with van der Waals surface area (Å²) < 4.78 is 6.01. The average molecular weight is 252 g/mol. The maximum atomic E-state index is 6.01. The van der Waals surface area contributed by atoms with Gasteiger partial charge in [-0.3, -0.25) is 0 Å². The maximum Gasteiger partial charge on any atom is 0.0494 e. The lowest BCUT2D eigenvalue weighted by molar-refractivity contribution is 0.0456. The molecule has 1 heteroatoms. The highest BCUT2D eigenvalue weighted by atomic mass is 16.5. The molecule has 0 heterocycles. The highest BCUT2D eigenvalue weighted by Gasteiger charge is 2.21. The number of ether oxygens (including phenoxy) is 1. The Morgan fingerprint density at radius 2 is 1.28 bits per heavy atom. The molecule has 2 rings (SSSR count). The second-order valence-electron chi connectivity index (χ2n) is 6.72. The van der Waals surface area contributed by atoms with E-state index in [1.807, 2.05) is 0 Å². The van der Waals surface area contributed by atoms with E-state index in [1.54, 1.807) is 0 Å². The van der Waals surface area contributed by atoms with Crippen molar-refractivity contribution < 1.29 is 4.74 Å². The van der Waals surface area contributed by atoms with Crippen LogP contribution >= 0.6 is 0 Å². The van der Waals surface area contributed by atoms with E-state index in [0.717, 1.165) is 31.0 Å². The van der Waals surface area contributed by atoms with Gasteiger partial charge in [0.15, 0.2) is 0 Å². The fraction of sp³-hybridized carbons (Fsp3) is 1.00. The summed E-state index contributed by atoms with van der Waals surface area (Å²) in [5.41, 5.74) is 0. The average Bonchev–Trinajstić information content (AvgIpc) is 2.42. The summed E-state index contributed by atoms with van der Waals surface area (Å²) in [7, 11) is 0. The summed E-state index contributed by atoms with van der Waals surface area (Å²) in [4.78, 5) is 0. The molecule has 1 nitrogen and oxygen atoms in total. The summed E-state index contributed by atoms with van der Waals surface area (Å²) >= 11 is 0. The summed E-state index contributed by atoms with van der Waals surface area (Å²) in [5.74, 6) is 2.79. The lowest BCUT2D eigenvalue weighted by atomic mass is 9.80. The Bertz CT molecular complexity index is 200. The molecule has 2 fully saturated rings. The first-order valence-corrected chi connectivity index (χ1v) is 8.46. The molecule has 0 unspecified atom stereocenters. The van der Waals surface area contributed by atoms with Crippen LogP contribution in [-0.4, -0.2) is 13.2 Å². The molecule has 0 atom stereocenters. The second kappa shape index (κ2) is 8.19. The topological polar surface area (TPSA) is 9.23 Å². The maximum absolute atomic E-state index is 6.01. The molecule has 0 saturated heterocycles. The monoisotopic (exact) mass is 252 g/mol. The zero-order valence-corrected chi connectivity index (χ0v) is 12.3. The van der Waals surface area contributed by atoms with Gasteiger partial charge in [0.05, 0.1) is 0 Å². The van der Waals surface area contributed by atoms with Crippen molar-refractivity contribution in [2.45, 2.75) is 77.6 Å². The Hall–Kier alpha value is -0.0400. The van der Waals surface area contributed by atoms with E-state index in [0.29, 0.717) is 0 Å². The van der Waals surface area contributed by atoms with Gasteiger partial charge in [0, 0.05) is 13.2 Å². The van der Waals surface area contributed by atoms with Gasteiger partial charge in [-0.1, -0.05) is 51.9 Å². The standard InChI is InChI=1S/C17H32O/c1-2-6-15-9-11-17(12-10-15)14-18-13-16-7-4-3-5-8-16/h15-17H,2-14H2,1H3. The normalized spacial score (nSPS) is 30.5. The molecule has 0 aromatic heterocycles. The van der Waals surface area contributed by atoms with Crippen LogP contribution < -0.4 is 0 Å². The number of hydrogen-bond acceptors (Lipinski definition) is 1. The van der Waals surface area contributed by atoms with Gasteiger partial charge in [-0.15, -0.1) is 0 Å². The van der Waals surface area contributed by atoms with Crippen molar-refractivity contribution in [1.29, 1.82) is 0 Å². The zero-order chi connectivity index (χ0) is 12.6. The van der Waals surface area contributed by atoms with Gasteiger partial charge < -0.3 is 4.74 Å². The van der Waals surface area contributed by atoms with E-state index < -0.39 is 0 Å². The molecule has 2 aliphatic rings. The minimum atomic E-state index is 0.877. The van der Waals surface area contributed by atoms with E-state index in [2.05, 4.69) is 6.92 Å². The molecule has 0 aromatic rings. The molecule has 0 aliphatic heterocycles. The van der Waals surface area contributed by atoms with E-state index in [9.17, 15) is 0 Å². The van der Waals surface area contributed by atoms with Crippen molar-refractivity contribution in [2.75, 3.05) is 13.2 Å². The lowest BCUT2D eigenvalue weighted by Gasteiger charge is -2.29. The lowest BCUT2D eigenvalue weighted by Crippen LogP contribution is -2.21. The van der Waals surface area contributed by atoms with Crippen LogP contribution in [0.25, 0.3) is 0 Å². The fourth-order valence-corrected chi connectivity index (χ4v) is 3.85. The third kappa shape index (κ3) is 4.91. The molecule has 18 heavy (non-hydrogen) atoms. The Balaban J connectivity index is 1.52. The van der Waals surface area contributed by atoms with Crippen LogP contribution in [0.3, 0.4) is 0 Å². The van der Waals surface area contributed by atoms with Crippen LogP contribution in [0.2, 0.25) is 0 Å². The minimum absolute atomic E-state index is 0.877. The first kappa shape index (κ1) is 14.4. The Morgan fingerprint density at radius 3 is 1.89 bits per heavy atom. The smallest absolute Gasteiger partial charge is 0.0494 e. The van der Waals surface area contributed by atoms with Gasteiger partial charge in [0.25, 0.3) is 0 Å². The van der Waals surface area contributed by atoms with Crippen molar-refractivity contribution in [3.8, 4) is 0 Å². The van der Waals surface area contributed by atoms with Crippen LogP contribution in [0.1, 0.15) is 77.6 Å². The molecule has 0 aromatic carbocycles. The molecule has 0 N–H and O–H groups in total. The predicted molar refractivity (Wildman–Crippen MR) is 77.8 cm³/mol. The molecule has 0 amide bonds. The van der Waals surface area contributed by atoms with Crippen LogP contribution in [0.4, 0.5) is 0 Å². The minimum Gasteiger partial charge on any atom is -0.381 e. The van der Waals surface area contributed by atoms with Crippen molar-refractivity contribution >= 4 is 0 Å². The summed E-state index contributed by atoms with van der Waals surface area (Å²) in [6.07, 6.45) is 15.8. The Labute approximate surface area is 114 Å². The highest BCUT2D eigenvalue weighted by Crippen LogP contribution is 2.32. The molecule has 2 saturated carbocycles. The van der Waals surface area contributed by atoms with Gasteiger partial charge in [0.1, 0.15) is 0 Å². The second-order valence-corrected chi connectivity index (χ2v) is 6.72. The largest absolute Gasteiger partial charge is 0.381 e. The predicted octanol–water partition coefficient (Wildman–Crippen LogP) is 5.19. The fourth-order valence-electron chi connectivity index (χ4n) is 3.85. The van der Waals surface area contributed by atoms with E-state index in [1.165, 1.54) is 70.6 Å². The van der Waals surface area contributed by atoms with Gasteiger partial charge >= 0.3 is 0 Å². The van der Waals surface area contributed by atoms with Crippen molar-refractivity contribution in [3.63, 3.8) is 0 Å². The molecule has 0 bridgehead atoms. The van der Waals surface area contributed by atoms with Gasteiger partial charge in [0.2, 0.25) is 0 Å². The third-order valence-corrected chi connectivity index (χ3v) is 5.10. The highest BCUT2D eigenvalue weighted by molar-refractivity contribution is 4.72. The number of rotatable bonds is 6. The molecule has 106 valence electrons. The Kier molecular flexibility index (Phi) is 6.54. The van der Waals surface area contributed by atoms with E-state index in [4.69, 9.17) is 4.74 Å². The summed E-state index contributed by atoms with van der Waals surface area (Å²) in [6.45, 7) is 4.42. The van der Waals surface area contributed by atoms with Crippen molar-refractivity contribution in [1.82, 2.24) is 0 Å². The van der Waals surface area contributed by atoms with Crippen LogP contribution in [-0.2, 0) is 4.74 Å². The molecular weight excluding hydrogens is 220 g/mol. The van der Waals surface area contributed by atoms with Crippen LogP contribution in [0.5, 0.6) is 0 Å². The van der Waals surface area contributed by atoms with Gasteiger partial charge in [-0.25, -0.2) is 0 Å². The zero-order valence-electron chi connectivity index (χ0n) is 12.3. The quantitative estimate of drug-likeness (QED) is 0.632. The molecule has 0 spiro atoms. The van der Waals surface area contributed by atoms with Crippen molar-refractivity contribution in [3.05, 3.63) is 0 Å². The number of hydrogen-bond donors (Lipinski definition) is 0. The van der Waals surface area contributed by atoms with E-state index in [-0.39, 0.29) is 0 Å². The third-order valence-electron chi connectivity index (χ3n) is 5.10. The molecule has 2 aliphatic carbocycles. The van der Waals surface area contributed by atoms with Gasteiger partial charge in [-0.05, 0) is 43.4 Å². The van der Waals surface area contributed by atoms with Crippen LogP contribution in [0, 0.1) is 17.8 Å². The first-order valence-electron chi connectivity index (χ1n) is 8.46. The summed E-state index contributed by atoms with van der Waals surface area (Å²) in [5, 5.41) is 0. The van der Waals surface area contributed by atoms with E-state index >= 15 is 0 Å². The first-order chi connectivity index (χ1) is 8.88. The van der Waals surface area contributed by atoms with Crippen LogP contribution in [0.15, 0.2) is 0 Å². The summed E-state index contributed by atoms with van der Waals surface area (Å²) in [6, 6.07) is 0. The SMILES string of the molecule is CCCC1CCC(COCC2CCCCC2)CC1. The van der Waals surface area contributed by atoms with Gasteiger partial charge in [-0.2, -0.15) is 0 Å². The van der Waals surface area contributed by atoms with Crippen molar-refractivity contribution in [2.24, 2.45) is 17.8 Å². The Morgan fingerprint density at radius 1 is 0.722 bits per heavy atom. The molecular formula is C17H32O.